The summed E-state index contributed by atoms with van der Waals surface area (Å²) in [5.41, 5.74) is 18.8. The first-order valence-electron chi connectivity index (χ1n) is 21.4. The van der Waals surface area contributed by atoms with Crippen LogP contribution >= 0.6 is 0 Å². The lowest BCUT2D eigenvalue weighted by Gasteiger charge is -2.36. The molecule has 4 aliphatic carbocycles. The van der Waals surface area contributed by atoms with Crippen LogP contribution in [0.1, 0.15) is 34.5 Å². The van der Waals surface area contributed by atoms with Crippen LogP contribution in [0.3, 0.4) is 0 Å². The summed E-state index contributed by atoms with van der Waals surface area (Å²) in [5, 5.41) is 2.58. The van der Waals surface area contributed by atoms with Gasteiger partial charge in [0.05, 0.1) is 22.4 Å². The molecule has 3 heteroatoms. The molecular formula is C58H41N3. The Kier molecular flexibility index (Phi) is 8.45. The smallest absolute Gasteiger partial charge is 0.138 e. The monoisotopic (exact) mass is 779 g/mol. The van der Waals surface area contributed by atoms with Gasteiger partial charge in [-0.05, 0) is 81.6 Å². The molecule has 3 aromatic heterocycles. The summed E-state index contributed by atoms with van der Waals surface area (Å²) >= 11 is 0. The zero-order chi connectivity index (χ0) is 40.3. The van der Waals surface area contributed by atoms with Gasteiger partial charge in [-0.15, -0.1) is 0 Å². The van der Waals surface area contributed by atoms with Gasteiger partial charge >= 0.3 is 0 Å². The fourth-order valence-corrected chi connectivity index (χ4v) is 10.1. The zero-order valence-corrected chi connectivity index (χ0v) is 33.6. The molecule has 288 valence electrons. The minimum atomic E-state index is 0.0923. The highest BCUT2D eigenvalue weighted by molar-refractivity contribution is 5.95. The SMILES string of the molecule is C1=CC2=c3c(c4c(n3-c3cc(-c5ccccc5)cc(-c5ccccc5)n3)CCC=C4)=C3c4ccccc4C(c4cc(-c5ccccc5)cc(-c5ccccc5)n4)=CC3C2C=C1. The summed E-state index contributed by atoms with van der Waals surface area (Å²) in [6.07, 6.45) is 18.5. The maximum Gasteiger partial charge on any atom is 0.138 e. The number of benzene rings is 5. The summed E-state index contributed by atoms with van der Waals surface area (Å²) in [7, 11) is 0. The number of rotatable bonds is 6. The fraction of sp³-hybridized carbons (Fsp3) is 0.0690. The van der Waals surface area contributed by atoms with Crippen LogP contribution in [0.5, 0.6) is 0 Å². The van der Waals surface area contributed by atoms with Crippen molar-refractivity contribution in [3.63, 3.8) is 0 Å². The van der Waals surface area contributed by atoms with Crippen molar-refractivity contribution in [2.24, 2.45) is 11.8 Å². The van der Waals surface area contributed by atoms with E-state index in [0.717, 1.165) is 58.0 Å². The molecule has 0 saturated carbocycles. The summed E-state index contributed by atoms with van der Waals surface area (Å²) in [6, 6.07) is 60.7. The van der Waals surface area contributed by atoms with Crippen molar-refractivity contribution in [3.8, 4) is 50.6 Å². The summed E-state index contributed by atoms with van der Waals surface area (Å²) in [4.78, 5) is 11.0. The Hall–Kier alpha value is -7.62. The molecule has 4 aliphatic rings. The molecule has 0 bridgehead atoms. The van der Waals surface area contributed by atoms with Crippen LogP contribution in [-0.4, -0.2) is 14.5 Å². The summed E-state index contributed by atoms with van der Waals surface area (Å²) < 4.78 is 2.53. The molecule has 0 radical (unpaired) electrons. The van der Waals surface area contributed by atoms with E-state index >= 15 is 0 Å². The molecule has 3 heterocycles. The van der Waals surface area contributed by atoms with Gasteiger partial charge in [0, 0.05) is 45.0 Å². The molecule has 0 amide bonds. The highest BCUT2D eigenvalue weighted by Gasteiger charge is 2.38. The van der Waals surface area contributed by atoms with Gasteiger partial charge in [-0.2, -0.15) is 0 Å². The molecule has 2 atom stereocenters. The standard InChI is InChI=1S/C58H41N3/c1-5-19-38(20-6-1)42-33-51(40-23-9-3-10-24-40)59-53(35-42)49-37-50-45-28-14-16-30-47(45)58-57(56(50)46-29-15-13-27-44(46)49)48-31-17-18-32-54(48)61(58)55-36-43(39-21-7-2-8-22-39)34-52(60-55)41-25-11-4-12-26-41/h1-17,19-31,33-37,45,50H,18,32H2. The highest BCUT2D eigenvalue weighted by Crippen LogP contribution is 2.47. The second kappa shape index (κ2) is 14.6. The first-order chi connectivity index (χ1) is 30.3. The predicted molar refractivity (Wildman–Crippen MR) is 251 cm³/mol. The Morgan fingerprint density at radius 3 is 1.74 bits per heavy atom. The average molecular weight is 780 g/mol. The maximum atomic E-state index is 5.55. The third-order valence-corrected chi connectivity index (χ3v) is 12.8. The molecule has 0 saturated heterocycles. The molecule has 2 unspecified atom stereocenters. The van der Waals surface area contributed by atoms with E-state index in [9.17, 15) is 0 Å². The van der Waals surface area contributed by atoms with Crippen molar-refractivity contribution in [3.05, 3.63) is 245 Å². The van der Waals surface area contributed by atoms with E-state index < -0.39 is 0 Å². The average Bonchev–Trinajstić information content (AvgIpc) is 3.70. The van der Waals surface area contributed by atoms with Crippen molar-refractivity contribution in [2.45, 2.75) is 12.8 Å². The number of hydrogen-bond donors (Lipinski definition) is 0. The van der Waals surface area contributed by atoms with Gasteiger partial charge in [0.25, 0.3) is 0 Å². The first-order valence-corrected chi connectivity index (χ1v) is 21.4. The lowest BCUT2D eigenvalue weighted by Crippen LogP contribution is -2.43. The van der Waals surface area contributed by atoms with Crippen LogP contribution in [0.25, 0.3) is 73.4 Å². The Morgan fingerprint density at radius 2 is 1.07 bits per heavy atom. The zero-order valence-electron chi connectivity index (χ0n) is 33.6. The third-order valence-electron chi connectivity index (χ3n) is 12.8. The predicted octanol–water partition coefficient (Wildman–Crippen LogP) is 12.1. The van der Waals surface area contributed by atoms with Crippen LogP contribution in [0.4, 0.5) is 0 Å². The molecule has 0 aliphatic heterocycles. The van der Waals surface area contributed by atoms with E-state index in [0.29, 0.717) is 0 Å². The fourth-order valence-electron chi connectivity index (χ4n) is 10.1. The van der Waals surface area contributed by atoms with E-state index in [1.165, 1.54) is 60.8 Å². The number of fused-ring (bicyclic) bond motifs is 8. The van der Waals surface area contributed by atoms with Crippen LogP contribution in [-0.2, 0) is 6.42 Å². The van der Waals surface area contributed by atoms with Crippen molar-refractivity contribution >= 4 is 22.8 Å². The van der Waals surface area contributed by atoms with E-state index in [-0.39, 0.29) is 11.8 Å². The quantitative estimate of drug-likeness (QED) is 0.168. The molecule has 61 heavy (non-hydrogen) atoms. The number of allylic oxidation sites excluding steroid dienone is 6. The molecule has 0 spiro atoms. The van der Waals surface area contributed by atoms with E-state index in [2.05, 4.69) is 217 Å². The minimum absolute atomic E-state index is 0.0923. The number of aromatic nitrogens is 3. The highest BCUT2D eigenvalue weighted by atomic mass is 15.1. The van der Waals surface area contributed by atoms with Crippen LogP contribution in [0, 0.1) is 11.8 Å². The Bertz CT molecular complexity index is 3160. The van der Waals surface area contributed by atoms with Crippen molar-refractivity contribution in [1.29, 1.82) is 0 Å². The topological polar surface area (TPSA) is 30.7 Å². The molecule has 0 fully saturated rings. The Labute approximate surface area is 356 Å². The van der Waals surface area contributed by atoms with Gasteiger partial charge in [-0.25, -0.2) is 9.97 Å². The molecule has 0 N–H and O–H groups in total. The second-order valence-electron chi connectivity index (χ2n) is 16.3. The van der Waals surface area contributed by atoms with Crippen molar-refractivity contribution in [2.75, 3.05) is 0 Å². The normalized spacial score (nSPS) is 16.9. The van der Waals surface area contributed by atoms with E-state index in [4.69, 9.17) is 9.97 Å². The third kappa shape index (κ3) is 5.96. The largest absolute Gasteiger partial charge is 0.297 e. The molecule has 12 rings (SSSR count). The van der Waals surface area contributed by atoms with Gasteiger partial charge in [0.2, 0.25) is 0 Å². The number of pyridine rings is 2. The minimum Gasteiger partial charge on any atom is -0.297 e. The van der Waals surface area contributed by atoms with Gasteiger partial charge in [-0.1, -0.05) is 188 Å². The van der Waals surface area contributed by atoms with E-state index in [1.807, 2.05) is 0 Å². The Balaban J connectivity index is 1.15. The second-order valence-corrected chi connectivity index (χ2v) is 16.3. The lowest BCUT2D eigenvalue weighted by atomic mass is 9.68. The number of nitrogens with zero attached hydrogens (tertiary/aromatic N) is 3. The maximum absolute atomic E-state index is 5.55. The molecule has 8 aromatic rings. The molecule has 3 nitrogen and oxygen atoms in total. The first kappa shape index (κ1) is 35.3. The van der Waals surface area contributed by atoms with Gasteiger partial charge < -0.3 is 0 Å². The Morgan fingerprint density at radius 1 is 0.492 bits per heavy atom. The van der Waals surface area contributed by atoms with Crippen LogP contribution in [0.2, 0.25) is 0 Å². The molecular weight excluding hydrogens is 739 g/mol. The lowest BCUT2D eigenvalue weighted by molar-refractivity contribution is 0.683. The van der Waals surface area contributed by atoms with Gasteiger partial charge in [-0.3, -0.25) is 4.57 Å². The van der Waals surface area contributed by atoms with Crippen LogP contribution in [0.15, 0.2) is 206 Å². The number of hydrogen-bond acceptors (Lipinski definition) is 2. The van der Waals surface area contributed by atoms with Crippen molar-refractivity contribution < 1.29 is 0 Å². The molecule has 5 aromatic carbocycles. The van der Waals surface area contributed by atoms with Gasteiger partial charge in [0.15, 0.2) is 0 Å². The van der Waals surface area contributed by atoms with Crippen molar-refractivity contribution in [1.82, 2.24) is 14.5 Å². The van der Waals surface area contributed by atoms with E-state index in [1.54, 1.807) is 0 Å². The van der Waals surface area contributed by atoms with Crippen LogP contribution < -0.4 is 10.6 Å². The van der Waals surface area contributed by atoms with Gasteiger partial charge in [0.1, 0.15) is 5.82 Å². The summed E-state index contributed by atoms with van der Waals surface area (Å²) in [6.45, 7) is 0. The summed E-state index contributed by atoms with van der Waals surface area (Å²) in [5.74, 6) is 1.17.